The van der Waals surface area contributed by atoms with E-state index in [4.69, 9.17) is 18.6 Å². The lowest BCUT2D eigenvalue weighted by atomic mass is 10.1. The average Bonchev–Trinajstić information content (AvgIpc) is 3.23. The van der Waals surface area contributed by atoms with Gasteiger partial charge >= 0.3 is 0 Å². The van der Waals surface area contributed by atoms with Crippen molar-refractivity contribution in [2.75, 3.05) is 31.5 Å². The minimum absolute atomic E-state index is 0.0229. The zero-order chi connectivity index (χ0) is 24.1. The molecular weight excluding hydrogens is 436 g/mol. The maximum Gasteiger partial charge on any atom is 0.293 e. The first-order chi connectivity index (χ1) is 16.5. The van der Waals surface area contributed by atoms with Crippen LogP contribution in [0.3, 0.4) is 0 Å². The number of hydrogen-bond acceptors (Lipinski definition) is 6. The topological polar surface area (TPSA) is 99.0 Å². The van der Waals surface area contributed by atoms with Gasteiger partial charge in [0.2, 0.25) is 5.76 Å². The Labute approximate surface area is 196 Å². The summed E-state index contributed by atoms with van der Waals surface area (Å²) in [7, 11) is 2.95. The lowest BCUT2D eigenvalue weighted by Crippen LogP contribution is -2.18. The Bertz CT molecular complexity index is 1330. The van der Waals surface area contributed by atoms with E-state index in [1.165, 1.54) is 14.2 Å². The smallest absolute Gasteiger partial charge is 0.293 e. The van der Waals surface area contributed by atoms with Gasteiger partial charge in [-0.3, -0.25) is 9.59 Å². The summed E-state index contributed by atoms with van der Waals surface area (Å²) >= 11 is 0. The average molecular weight is 460 g/mol. The van der Waals surface area contributed by atoms with E-state index in [1.807, 2.05) is 6.92 Å². The molecule has 34 heavy (non-hydrogen) atoms. The summed E-state index contributed by atoms with van der Waals surface area (Å²) in [5.41, 5.74) is 1.53. The molecule has 0 atom stereocenters. The molecule has 0 radical (unpaired) electrons. The number of hydrogen-bond donors (Lipinski definition) is 2. The monoisotopic (exact) mass is 460 g/mol. The van der Waals surface area contributed by atoms with Crippen molar-refractivity contribution in [1.29, 1.82) is 0 Å². The van der Waals surface area contributed by atoms with Gasteiger partial charge in [0.15, 0.2) is 11.5 Å². The molecule has 1 aromatic heterocycles. The van der Waals surface area contributed by atoms with Crippen LogP contribution >= 0.6 is 0 Å². The van der Waals surface area contributed by atoms with Crippen LogP contribution < -0.4 is 24.8 Å². The Balaban J connectivity index is 1.67. The molecule has 4 rings (SSSR count). The van der Waals surface area contributed by atoms with Crippen molar-refractivity contribution < 1.29 is 28.2 Å². The normalized spacial score (nSPS) is 10.6. The van der Waals surface area contributed by atoms with Crippen molar-refractivity contribution in [3.63, 3.8) is 0 Å². The minimum atomic E-state index is -0.506. The van der Waals surface area contributed by atoms with Crippen LogP contribution in [0.25, 0.3) is 11.0 Å². The Kier molecular flexibility index (Phi) is 6.68. The van der Waals surface area contributed by atoms with Gasteiger partial charge in [0.1, 0.15) is 17.0 Å². The standard InChI is InChI=1S/C26H24N2O6/c1-4-33-17-14-12-16(13-15-17)27-26(30)24-22(18-8-5-6-10-20(18)34-24)28-25(29)19-9-7-11-21(31-2)23(19)32-3/h5-15H,4H2,1-3H3,(H,27,30)(H,28,29). The molecule has 0 spiro atoms. The highest BCUT2D eigenvalue weighted by Gasteiger charge is 2.24. The number of benzene rings is 3. The van der Waals surface area contributed by atoms with Crippen molar-refractivity contribution in [3.8, 4) is 17.2 Å². The summed E-state index contributed by atoms with van der Waals surface area (Å²) < 4.78 is 21.9. The molecule has 4 aromatic rings. The number of para-hydroxylation sites is 2. The van der Waals surface area contributed by atoms with Gasteiger partial charge in [-0.2, -0.15) is 0 Å². The molecule has 8 heteroatoms. The summed E-state index contributed by atoms with van der Waals surface area (Å²) in [6.45, 7) is 2.44. The maximum absolute atomic E-state index is 13.2. The summed E-state index contributed by atoms with van der Waals surface area (Å²) in [6, 6.07) is 19.0. The Morgan fingerprint density at radius 3 is 2.32 bits per heavy atom. The molecule has 0 bridgehead atoms. The van der Waals surface area contributed by atoms with Gasteiger partial charge in [0.25, 0.3) is 11.8 Å². The number of rotatable bonds is 8. The molecule has 0 unspecified atom stereocenters. The Morgan fingerprint density at radius 2 is 1.62 bits per heavy atom. The van der Waals surface area contributed by atoms with Gasteiger partial charge in [-0.05, 0) is 55.5 Å². The fourth-order valence-electron chi connectivity index (χ4n) is 3.57. The third-order valence-corrected chi connectivity index (χ3v) is 5.11. The van der Waals surface area contributed by atoms with Crippen LogP contribution in [-0.2, 0) is 0 Å². The van der Waals surface area contributed by atoms with E-state index < -0.39 is 11.8 Å². The fourth-order valence-corrected chi connectivity index (χ4v) is 3.57. The van der Waals surface area contributed by atoms with E-state index in [0.29, 0.717) is 34.8 Å². The number of furan rings is 1. The summed E-state index contributed by atoms with van der Waals surface area (Å²) in [5, 5.41) is 6.21. The lowest BCUT2D eigenvalue weighted by molar-refractivity contribution is 0.0999. The summed E-state index contributed by atoms with van der Waals surface area (Å²) in [4.78, 5) is 26.3. The number of carbonyl (C=O) groups is 2. The number of ether oxygens (including phenoxy) is 3. The van der Waals surface area contributed by atoms with Gasteiger partial charge in [0.05, 0.1) is 26.4 Å². The van der Waals surface area contributed by atoms with E-state index >= 15 is 0 Å². The lowest BCUT2D eigenvalue weighted by Gasteiger charge is -2.13. The highest BCUT2D eigenvalue weighted by Crippen LogP contribution is 2.35. The number of carbonyl (C=O) groups excluding carboxylic acids is 2. The molecule has 2 N–H and O–H groups in total. The quantitative estimate of drug-likeness (QED) is 0.368. The van der Waals surface area contributed by atoms with Gasteiger partial charge in [-0.1, -0.05) is 18.2 Å². The number of nitrogens with one attached hydrogen (secondary N) is 2. The van der Waals surface area contributed by atoms with E-state index in [0.717, 1.165) is 0 Å². The van der Waals surface area contributed by atoms with E-state index in [2.05, 4.69) is 10.6 Å². The van der Waals surface area contributed by atoms with Gasteiger partial charge in [-0.15, -0.1) is 0 Å². The van der Waals surface area contributed by atoms with Gasteiger partial charge < -0.3 is 29.3 Å². The predicted molar refractivity (Wildman–Crippen MR) is 129 cm³/mol. The molecule has 0 saturated heterocycles. The summed E-state index contributed by atoms with van der Waals surface area (Å²) in [5.74, 6) is 0.400. The first-order valence-electron chi connectivity index (χ1n) is 10.6. The second-order valence-corrected chi connectivity index (χ2v) is 7.21. The molecule has 174 valence electrons. The number of fused-ring (bicyclic) bond motifs is 1. The van der Waals surface area contributed by atoms with Crippen LogP contribution in [0.15, 0.2) is 71.1 Å². The second-order valence-electron chi connectivity index (χ2n) is 7.21. The van der Waals surface area contributed by atoms with Gasteiger partial charge in [0, 0.05) is 11.1 Å². The van der Waals surface area contributed by atoms with Crippen LogP contribution in [-0.4, -0.2) is 32.6 Å². The molecule has 1 heterocycles. The first-order valence-corrected chi connectivity index (χ1v) is 10.6. The molecule has 0 aliphatic heterocycles. The number of anilines is 2. The van der Waals surface area contributed by atoms with E-state index in [1.54, 1.807) is 66.7 Å². The van der Waals surface area contributed by atoms with Crippen LogP contribution in [0.4, 0.5) is 11.4 Å². The molecule has 3 aromatic carbocycles. The second kappa shape index (κ2) is 9.99. The minimum Gasteiger partial charge on any atom is -0.494 e. The van der Waals surface area contributed by atoms with Crippen molar-refractivity contribution in [2.24, 2.45) is 0 Å². The number of amides is 2. The molecule has 0 saturated carbocycles. The number of methoxy groups -OCH3 is 2. The van der Waals surface area contributed by atoms with Crippen LogP contribution in [0.5, 0.6) is 17.2 Å². The van der Waals surface area contributed by atoms with Crippen molar-refractivity contribution in [1.82, 2.24) is 0 Å². The third-order valence-electron chi connectivity index (χ3n) is 5.11. The van der Waals surface area contributed by atoms with Gasteiger partial charge in [-0.25, -0.2) is 0 Å². The zero-order valence-electron chi connectivity index (χ0n) is 19.0. The SMILES string of the molecule is CCOc1ccc(NC(=O)c2oc3ccccc3c2NC(=O)c2cccc(OC)c2OC)cc1. The highest BCUT2D eigenvalue weighted by molar-refractivity contribution is 6.17. The first kappa shape index (κ1) is 22.7. The maximum atomic E-state index is 13.2. The largest absolute Gasteiger partial charge is 0.494 e. The predicted octanol–water partition coefficient (Wildman–Crippen LogP) is 5.35. The molecular formula is C26H24N2O6. The fraction of sp³-hybridized carbons (Fsp3) is 0.154. The zero-order valence-corrected chi connectivity index (χ0v) is 19.0. The highest BCUT2D eigenvalue weighted by atomic mass is 16.5. The molecule has 0 aliphatic rings. The summed E-state index contributed by atoms with van der Waals surface area (Å²) in [6.07, 6.45) is 0. The van der Waals surface area contributed by atoms with Crippen LogP contribution in [0.2, 0.25) is 0 Å². The van der Waals surface area contributed by atoms with Crippen molar-refractivity contribution >= 4 is 34.2 Å². The molecule has 0 fully saturated rings. The van der Waals surface area contributed by atoms with Crippen LogP contribution in [0.1, 0.15) is 27.8 Å². The Morgan fingerprint density at radius 1 is 0.853 bits per heavy atom. The molecule has 2 amide bonds. The van der Waals surface area contributed by atoms with E-state index in [-0.39, 0.29) is 22.8 Å². The van der Waals surface area contributed by atoms with Crippen molar-refractivity contribution in [2.45, 2.75) is 6.92 Å². The van der Waals surface area contributed by atoms with Crippen LogP contribution in [0, 0.1) is 0 Å². The van der Waals surface area contributed by atoms with E-state index in [9.17, 15) is 9.59 Å². The molecule has 8 nitrogen and oxygen atoms in total. The van der Waals surface area contributed by atoms with Crippen molar-refractivity contribution in [3.05, 3.63) is 78.1 Å². The third kappa shape index (κ3) is 4.52. The Hall–Kier alpha value is -4.46. The molecule has 0 aliphatic carbocycles.